The van der Waals surface area contributed by atoms with Crippen LogP contribution in [0.2, 0.25) is 0 Å². The van der Waals surface area contributed by atoms with Crippen LogP contribution >= 0.6 is 12.4 Å². The molecule has 9 heteroatoms. The number of amides is 1. The van der Waals surface area contributed by atoms with Crippen molar-refractivity contribution in [3.63, 3.8) is 0 Å². The highest BCUT2D eigenvalue weighted by Crippen LogP contribution is 2.23. The van der Waals surface area contributed by atoms with Gasteiger partial charge in [0, 0.05) is 13.1 Å². The molecule has 0 saturated heterocycles. The third-order valence-corrected chi connectivity index (χ3v) is 4.29. The Hall–Kier alpha value is -2.45. The number of fused-ring (bicyclic) bond motifs is 1. The van der Waals surface area contributed by atoms with Crippen molar-refractivity contribution in [2.45, 2.75) is 32.0 Å². The zero-order valence-electron chi connectivity index (χ0n) is 14.2. The molecule has 0 bridgehead atoms. The first-order chi connectivity index (χ1) is 12.0. The van der Waals surface area contributed by atoms with Crippen LogP contribution < -0.4 is 16.2 Å². The lowest BCUT2D eigenvalue weighted by molar-refractivity contribution is 0.0941. The maximum absolute atomic E-state index is 12.9. The summed E-state index contributed by atoms with van der Waals surface area (Å²) in [4.78, 5) is 28.9. The van der Waals surface area contributed by atoms with Gasteiger partial charge in [-0.1, -0.05) is 12.1 Å². The summed E-state index contributed by atoms with van der Waals surface area (Å²) < 4.78 is 14.3. The number of hydrogen-bond acceptors (Lipinski definition) is 5. The van der Waals surface area contributed by atoms with Crippen LogP contribution in [0, 0.1) is 5.82 Å². The van der Waals surface area contributed by atoms with Crippen LogP contribution in [0.1, 0.15) is 40.8 Å². The fraction of sp³-hybridized carbons (Fsp3) is 0.353. The van der Waals surface area contributed by atoms with E-state index >= 15 is 0 Å². The van der Waals surface area contributed by atoms with Crippen molar-refractivity contribution >= 4 is 18.3 Å². The molecule has 3 N–H and O–H groups in total. The predicted molar refractivity (Wildman–Crippen MR) is 96.0 cm³/mol. The molecule has 1 amide bonds. The molecule has 7 nitrogen and oxygen atoms in total. The van der Waals surface area contributed by atoms with Gasteiger partial charge in [-0.2, -0.15) is 0 Å². The molecule has 1 aromatic carbocycles. The second kappa shape index (κ2) is 8.29. The Morgan fingerprint density at radius 2 is 2.08 bits per heavy atom. The summed E-state index contributed by atoms with van der Waals surface area (Å²) in [5, 5.41) is 15.7. The lowest BCUT2D eigenvalue weighted by Gasteiger charge is -2.26. The van der Waals surface area contributed by atoms with Crippen molar-refractivity contribution in [2.24, 2.45) is 0 Å². The summed E-state index contributed by atoms with van der Waals surface area (Å²) in [5.74, 6) is -1.22. The van der Waals surface area contributed by atoms with Crippen LogP contribution in [0.3, 0.4) is 0 Å². The first-order valence-corrected chi connectivity index (χ1v) is 8.05. The Bertz CT molecular complexity index is 854. The average Bonchev–Trinajstić information content (AvgIpc) is 2.63. The number of aromatic nitrogens is 2. The van der Waals surface area contributed by atoms with E-state index in [4.69, 9.17) is 0 Å². The summed E-state index contributed by atoms with van der Waals surface area (Å²) in [6, 6.07) is 5.52. The van der Waals surface area contributed by atoms with Crippen molar-refractivity contribution in [1.29, 1.82) is 0 Å². The number of nitrogens with one attached hydrogen (secondary N) is 2. The monoisotopic (exact) mass is 382 g/mol. The van der Waals surface area contributed by atoms with Crippen LogP contribution in [0.5, 0.6) is 5.75 Å². The Morgan fingerprint density at radius 1 is 1.38 bits per heavy atom. The fourth-order valence-electron chi connectivity index (χ4n) is 2.93. The third-order valence-electron chi connectivity index (χ3n) is 4.29. The Balaban J connectivity index is 0.00000243. The molecule has 1 aromatic heterocycles. The molecule has 3 rings (SSSR count). The van der Waals surface area contributed by atoms with Crippen LogP contribution in [0.15, 0.2) is 29.1 Å². The number of benzene rings is 1. The molecular formula is C17H20ClFN4O3. The highest BCUT2D eigenvalue weighted by Gasteiger charge is 2.27. The van der Waals surface area contributed by atoms with Gasteiger partial charge in [-0.05, 0) is 37.6 Å². The van der Waals surface area contributed by atoms with Crippen LogP contribution in [0.25, 0.3) is 0 Å². The molecule has 1 unspecified atom stereocenters. The molecule has 140 valence electrons. The average molecular weight is 383 g/mol. The third kappa shape index (κ3) is 3.86. The molecule has 1 aliphatic rings. The van der Waals surface area contributed by atoms with Crippen molar-refractivity contribution < 1.29 is 14.3 Å². The fourth-order valence-corrected chi connectivity index (χ4v) is 2.93. The van der Waals surface area contributed by atoms with Gasteiger partial charge in [0.05, 0.1) is 6.04 Å². The summed E-state index contributed by atoms with van der Waals surface area (Å²) in [6.07, 6.45) is 1.58. The zero-order valence-corrected chi connectivity index (χ0v) is 15.0. The van der Waals surface area contributed by atoms with E-state index in [1.54, 1.807) is 19.2 Å². The van der Waals surface area contributed by atoms with E-state index in [2.05, 4.69) is 15.6 Å². The molecule has 0 fully saturated rings. The van der Waals surface area contributed by atoms with E-state index in [1.807, 2.05) is 0 Å². The van der Waals surface area contributed by atoms with Crippen molar-refractivity contribution in [3.8, 4) is 5.75 Å². The van der Waals surface area contributed by atoms with Gasteiger partial charge in [0.15, 0.2) is 5.69 Å². The molecule has 1 aliphatic heterocycles. The number of rotatable bonds is 4. The predicted octanol–water partition coefficient (Wildman–Crippen LogP) is 1.49. The number of carbonyl (C=O) groups excluding carboxylic acids is 1. The molecule has 0 aliphatic carbocycles. The van der Waals surface area contributed by atoms with Crippen molar-refractivity contribution in [1.82, 2.24) is 20.2 Å². The van der Waals surface area contributed by atoms with Crippen LogP contribution in [-0.2, 0) is 13.1 Å². The Labute approximate surface area is 155 Å². The molecule has 2 heterocycles. The van der Waals surface area contributed by atoms with E-state index in [0.29, 0.717) is 17.9 Å². The minimum Gasteiger partial charge on any atom is -0.501 e. The highest BCUT2D eigenvalue weighted by molar-refractivity contribution is 5.94. The molecule has 0 radical (unpaired) electrons. The first-order valence-electron chi connectivity index (χ1n) is 8.05. The van der Waals surface area contributed by atoms with Crippen LogP contribution in [-0.4, -0.2) is 27.6 Å². The number of nitrogens with zero attached hydrogens (tertiary/aromatic N) is 2. The molecular weight excluding hydrogens is 363 g/mol. The van der Waals surface area contributed by atoms with Gasteiger partial charge < -0.3 is 15.7 Å². The zero-order chi connectivity index (χ0) is 18.0. The number of hydrogen-bond donors (Lipinski definition) is 3. The second-order valence-electron chi connectivity index (χ2n) is 5.92. The van der Waals surface area contributed by atoms with Gasteiger partial charge in [-0.15, -0.1) is 12.4 Å². The van der Waals surface area contributed by atoms with E-state index in [9.17, 15) is 19.1 Å². The van der Waals surface area contributed by atoms with Crippen molar-refractivity contribution in [2.75, 3.05) is 7.05 Å². The lowest BCUT2D eigenvalue weighted by Crippen LogP contribution is -2.37. The van der Waals surface area contributed by atoms with Gasteiger partial charge in [0.1, 0.15) is 11.6 Å². The highest BCUT2D eigenvalue weighted by atomic mass is 35.5. The van der Waals surface area contributed by atoms with E-state index < -0.39 is 17.2 Å². The molecule has 0 saturated carbocycles. The molecule has 2 aromatic rings. The van der Waals surface area contributed by atoms with E-state index in [1.165, 1.54) is 16.7 Å². The summed E-state index contributed by atoms with van der Waals surface area (Å²) in [6.45, 7) is 0.596. The van der Waals surface area contributed by atoms with E-state index in [0.717, 1.165) is 12.8 Å². The smallest absolute Gasteiger partial charge is 0.296 e. The maximum Gasteiger partial charge on any atom is 0.296 e. The quantitative estimate of drug-likeness (QED) is 0.744. The van der Waals surface area contributed by atoms with Crippen LogP contribution in [0.4, 0.5) is 4.39 Å². The van der Waals surface area contributed by atoms with E-state index in [-0.39, 0.29) is 36.5 Å². The van der Waals surface area contributed by atoms with Gasteiger partial charge in [-0.3, -0.25) is 14.2 Å². The van der Waals surface area contributed by atoms with Gasteiger partial charge >= 0.3 is 0 Å². The second-order valence-corrected chi connectivity index (χ2v) is 5.92. The van der Waals surface area contributed by atoms with Crippen molar-refractivity contribution in [3.05, 3.63) is 57.5 Å². The summed E-state index contributed by atoms with van der Waals surface area (Å²) in [5.41, 5.74) is -0.214. The number of halogens is 2. The normalized spacial score (nSPS) is 15.7. The minimum absolute atomic E-state index is 0. The molecule has 0 spiro atoms. The lowest BCUT2D eigenvalue weighted by atomic mass is 10.1. The maximum atomic E-state index is 12.9. The number of carbonyl (C=O) groups is 1. The Morgan fingerprint density at radius 3 is 2.73 bits per heavy atom. The number of aromatic hydroxyl groups is 1. The SMILES string of the molecule is CNC1CCCn2c1nc(C(=O)NCc1ccc(F)cc1)c(O)c2=O.Cl. The Kier molecular flexibility index (Phi) is 6.33. The van der Waals surface area contributed by atoms with Gasteiger partial charge in [0.25, 0.3) is 11.5 Å². The van der Waals surface area contributed by atoms with Gasteiger partial charge in [-0.25, -0.2) is 9.37 Å². The minimum atomic E-state index is -0.655. The van der Waals surface area contributed by atoms with Gasteiger partial charge in [0.2, 0.25) is 5.75 Å². The molecule has 1 atom stereocenters. The molecule has 26 heavy (non-hydrogen) atoms. The summed E-state index contributed by atoms with van der Waals surface area (Å²) in [7, 11) is 1.76. The topological polar surface area (TPSA) is 96.2 Å². The summed E-state index contributed by atoms with van der Waals surface area (Å²) >= 11 is 0. The standard InChI is InChI=1S/C17H19FN4O3.ClH/c1-19-12-3-2-8-22-15(12)21-13(14(23)17(22)25)16(24)20-9-10-4-6-11(18)7-5-10;/h4-7,12,19,23H,2-3,8-9H2,1H3,(H,20,24);1H. The first kappa shape index (κ1) is 19.9. The largest absolute Gasteiger partial charge is 0.501 e.